The first kappa shape index (κ1) is 12.5. The fourth-order valence-electron chi connectivity index (χ4n) is 1.71. The molecule has 0 radical (unpaired) electrons. The summed E-state index contributed by atoms with van der Waals surface area (Å²) in [5, 5.41) is 0. The molecule has 0 aromatic carbocycles. The van der Waals surface area contributed by atoms with E-state index >= 15 is 0 Å². The van der Waals surface area contributed by atoms with Gasteiger partial charge in [-0.1, -0.05) is 38.8 Å². The van der Waals surface area contributed by atoms with Crippen LogP contribution in [0.25, 0.3) is 0 Å². The lowest BCUT2D eigenvalue weighted by Crippen LogP contribution is -2.16. The fraction of sp³-hybridized carbons (Fsp3) is 0.636. The van der Waals surface area contributed by atoms with Crippen molar-refractivity contribution in [2.45, 2.75) is 39.5 Å². The van der Waals surface area contributed by atoms with E-state index < -0.39 is 10.1 Å². The number of hydrogen-bond acceptors (Lipinski definition) is 2. The van der Waals surface area contributed by atoms with Gasteiger partial charge in [0.2, 0.25) is 0 Å². The molecule has 0 saturated carbocycles. The summed E-state index contributed by atoms with van der Waals surface area (Å²) in [5.41, 5.74) is 0.0458. The largest absolute Gasteiger partial charge is 0.294 e. The van der Waals surface area contributed by atoms with Gasteiger partial charge in [0.15, 0.2) is 0 Å². The summed E-state index contributed by atoms with van der Waals surface area (Å²) in [6, 6.07) is 0. The normalized spacial score (nSPS) is 26.5. The first-order chi connectivity index (χ1) is 6.87. The van der Waals surface area contributed by atoms with Crippen LogP contribution in [0.5, 0.6) is 0 Å². The lowest BCUT2D eigenvalue weighted by atomic mass is 9.79. The van der Waals surface area contributed by atoms with Crippen LogP contribution in [-0.2, 0) is 10.1 Å². The molecular weight excluding hydrogens is 212 g/mol. The van der Waals surface area contributed by atoms with E-state index in [4.69, 9.17) is 4.55 Å². The zero-order valence-corrected chi connectivity index (χ0v) is 10.0. The number of hydrogen-bond donors (Lipinski definition) is 1. The maximum atomic E-state index is 10.8. The third kappa shape index (κ3) is 3.47. The predicted octanol–water partition coefficient (Wildman–Crippen LogP) is 2.91. The molecule has 1 atom stereocenters. The molecular formula is C11H18O3S. The molecule has 0 fully saturated rings. The standard InChI is InChI=1S/C11H18O3S/c1-3-4-7-11(2)8-5-10(6-9-11)15(12,13)14/h5-6,8H,3-4,7,9H2,1-2H3,(H,12,13,14). The highest BCUT2D eigenvalue weighted by molar-refractivity contribution is 7.90. The van der Waals surface area contributed by atoms with Crippen LogP contribution in [0.15, 0.2) is 23.1 Å². The van der Waals surface area contributed by atoms with Crippen molar-refractivity contribution >= 4 is 10.1 Å². The fourth-order valence-corrected chi connectivity index (χ4v) is 2.24. The van der Waals surface area contributed by atoms with Crippen LogP contribution >= 0.6 is 0 Å². The molecule has 0 aromatic rings. The van der Waals surface area contributed by atoms with Gasteiger partial charge in [-0.05, 0) is 24.3 Å². The van der Waals surface area contributed by atoms with Crippen LogP contribution in [0.4, 0.5) is 0 Å². The summed E-state index contributed by atoms with van der Waals surface area (Å²) in [7, 11) is -4.02. The zero-order chi connectivity index (χ0) is 11.5. The average molecular weight is 230 g/mol. The van der Waals surface area contributed by atoms with Crippen LogP contribution in [-0.4, -0.2) is 13.0 Å². The van der Waals surface area contributed by atoms with Gasteiger partial charge in [-0.2, -0.15) is 8.42 Å². The van der Waals surface area contributed by atoms with E-state index in [2.05, 4.69) is 13.8 Å². The van der Waals surface area contributed by atoms with Gasteiger partial charge < -0.3 is 0 Å². The van der Waals surface area contributed by atoms with Gasteiger partial charge >= 0.3 is 0 Å². The molecule has 1 unspecified atom stereocenters. The molecule has 1 rings (SSSR count). The maximum Gasteiger partial charge on any atom is 0.294 e. The van der Waals surface area contributed by atoms with E-state index in [1.54, 1.807) is 6.08 Å². The third-order valence-electron chi connectivity index (χ3n) is 2.82. The van der Waals surface area contributed by atoms with E-state index in [1.807, 2.05) is 6.08 Å². The molecule has 3 nitrogen and oxygen atoms in total. The van der Waals surface area contributed by atoms with Crippen LogP contribution in [0.2, 0.25) is 0 Å². The first-order valence-electron chi connectivity index (χ1n) is 5.24. The van der Waals surface area contributed by atoms with Crippen molar-refractivity contribution in [3.05, 3.63) is 23.1 Å². The van der Waals surface area contributed by atoms with E-state index in [1.165, 1.54) is 6.08 Å². The van der Waals surface area contributed by atoms with Crippen molar-refractivity contribution in [2.24, 2.45) is 5.41 Å². The van der Waals surface area contributed by atoms with E-state index in [-0.39, 0.29) is 10.3 Å². The molecule has 1 aliphatic carbocycles. The first-order valence-corrected chi connectivity index (χ1v) is 6.68. The summed E-state index contributed by atoms with van der Waals surface area (Å²) in [6.07, 6.45) is 9.01. The lowest BCUT2D eigenvalue weighted by Gasteiger charge is -2.27. The lowest BCUT2D eigenvalue weighted by molar-refractivity contribution is 0.377. The monoisotopic (exact) mass is 230 g/mol. The predicted molar refractivity (Wildman–Crippen MR) is 61.0 cm³/mol. The van der Waals surface area contributed by atoms with E-state index in [0.717, 1.165) is 19.3 Å². The van der Waals surface area contributed by atoms with Crippen molar-refractivity contribution in [3.63, 3.8) is 0 Å². The van der Waals surface area contributed by atoms with Crippen molar-refractivity contribution < 1.29 is 13.0 Å². The molecule has 0 spiro atoms. The second-order valence-corrected chi connectivity index (χ2v) is 5.80. The van der Waals surface area contributed by atoms with Crippen molar-refractivity contribution in [1.29, 1.82) is 0 Å². The maximum absolute atomic E-state index is 10.8. The summed E-state index contributed by atoms with van der Waals surface area (Å²) in [5.74, 6) is 0. The molecule has 0 amide bonds. The van der Waals surface area contributed by atoms with Crippen LogP contribution < -0.4 is 0 Å². The number of unbranched alkanes of at least 4 members (excludes halogenated alkanes) is 1. The van der Waals surface area contributed by atoms with Gasteiger partial charge in [0.05, 0.1) is 4.91 Å². The Hall–Kier alpha value is -0.610. The SMILES string of the molecule is CCCCC1(C)C=CC(S(=O)(=O)O)=CC1. The Balaban J connectivity index is 2.71. The third-order valence-corrected chi connectivity index (χ3v) is 3.72. The Morgan fingerprint density at radius 2 is 2.20 bits per heavy atom. The summed E-state index contributed by atoms with van der Waals surface area (Å²) >= 11 is 0. The van der Waals surface area contributed by atoms with Gasteiger partial charge in [-0.3, -0.25) is 4.55 Å². The topological polar surface area (TPSA) is 54.4 Å². The zero-order valence-electron chi connectivity index (χ0n) is 9.23. The molecule has 1 N–H and O–H groups in total. The van der Waals surface area contributed by atoms with Crippen molar-refractivity contribution in [1.82, 2.24) is 0 Å². The smallest absolute Gasteiger partial charge is 0.282 e. The van der Waals surface area contributed by atoms with Gasteiger partial charge in [0, 0.05) is 0 Å². The van der Waals surface area contributed by atoms with Crippen molar-refractivity contribution in [2.75, 3.05) is 0 Å². The Morgan fingerprint density at radius 3 is 2.60 bits per heavy atom. The molecule has 0 aromatic heterocycles. The molecule has 0 heterocycles. The Morgan fingerprint density at radius 1 is 1.53 bits per heavy atom. The molecule has 86 valence electrons. The van der Waals surface area contributed by atoms with Crippen LogP contribution in [0, 0.1) is 5.41 Å². The second kappa shape index (κ2) is 4.49. The number of rotatable bonds is 4. The molecule has 0 bridgehead atoms. The summed E-state index contributed by atoms with van der Waals surface area (Å²) < 4.78 is 30.5. The Kier molecular flexibility index (Phi) is 3.73. The summed E-state index contributed by atoms with van der Waals surface area (Å²) in [4.78, 5) is 0.0245. The highest BCUT2D eigenvalue weighted by atomic mass is 32.2. The molecule has 0 saturated heterocycles. The van der Waals surface area contributed by atoms with Crippen molar-refractivity contribution in [3.8, 4) is 0 Å². The minimum absolute atomic E-state index is 0.0245. The number of allylic oxidation sites excluding steroid dienone is 3. The van der Waals surface area contributed by atoms with Gasteiger partial charge in [0.25, 0.3) is 10.1 Å². The average Bonchev–Trinajstić information content (AvgIpc) is 2.14. The van der Waals surface area contributed by atoms with Gasteiger partial charge in [-0.25, -0.2) is 0 Å². The molecule has 4 heteroatoms. The van der Waals surface area contributed by atoms with Crippen LogP contribution in [0.1, 0.15) is 39.5 Å². The minimum atomic E-state index is -4.02. The highest BCUT2D eigenvalue weighted by Crippen LogP contribution is 2.35. The quantitative estimate of drug-likeness (QED) is 0.755. The minimum Gasteiger partial charge on any atom is -0.282 e. The van der Waals surface area contributed by atoms with E-state index in [9.17, 15) is 8.42 Å². The Bertz CT molecular complexity index is 379. The van der Waals surface area contributed by atoms with Crippen LogP contribution in [0.3, 0.4) is 0 Å². The summed E-state index contributed by atoms with van der Waals surface area (Å²) in [6.45, 7) is 4.24. The highest BCUT2D eigenvalue weighted by Gasteiger charge is 2.24. The molecule has 15 heavy (non-hydrogen) atoms. The Labute approximate surface area is 91.6 Å². The second-order valence-electron chi connectivity index (χ2n) is 4.38. The van der Waals surface area contributed by atoms with E-state index in [0.29, 0.717) is 6.42 Å². The molecule has 0 aliphatic heterocycles. The van der Waals surface area contributed by atoms with Gasteiger partial charge in [-0.15, -0.1) is 0 Å². The van der Waals surface area contributed by atoms with Gasteiger partial charge in [0.1, 0.15) is 0 Å². The molecule has 1 aliphatic rings.